The number of fused-ring (bicyclic) bond motifs is 1. The molecule has 0 saturated carbocycles. The van der Waals surface area contributed by atoms with Gasteiger partial charge >= 0.3 is 0 Å². The van der Waals surface area contributed by atoms with Gasteiger partial charge in [-0.1, -0.05) is 6.92 Å². The Labute approximate surface area is 102 Å². The number of benzene rings is 1. The lowest BCUT2D eigenvalue weighted by Crippen LogP contribution is -2.24. The topological polar surface area (TPSA) is 57.8 Å². The molecule has 2 aromatic rings. The molecule has 1 aromatic carbocycles. The lowest BCUT2D eigenvalue weighted by molar-refractivity contribution is -0.120. The van der Waals surface area contributed by atoms with E-state index in [1.807, 2.05) is 0 Å². The molecule has 4 nitrogen and oxygen atoms in total. The summed E-state index contributed by atoms with van der Waals surface area (Å²) >= 11 is 0. The van der Waals surface area contributed by atoms with Crippen molar-refractivity contribution in [3.05, 3.63) is 29.6 Å². The van der Waals surface area contributed by atoms with Gasteiger partial charge in [-0.25, -0.2) is 13.8 Å². The fourth-order valence-corrected chi connectivity index (χ4v) is 1.63. The van der Waals surface area contributed by atoms with Crippen LogP contribution in [0, 0.1) is 11.6 Å². The number of hydrogen-bond acceptors (Lipinski definition) is 2. The number of nitrogens with zero attached hydrogens (tertiary/aromatic N) is 1. The minimum Gasteiger partial charge on any atom is -0.356 e. The monoisotopic (exact) mass is 253 g/mol. The van der Waals surface area contributed by atoms with Gasteiger partial charge in [0.05, 0.1) is 5.52 Å². The van der Waals surface area contributed by atoms with E-state index in [1.165, 1.54) is 6.07 Å². The van der Waals surface area contributed by atoms with Crippen molar-refractivity contribution in [1.29, 1.82) is 0 Å². The van der Waals surface area contributed by atoms with Crippen molar-refractivity contribution in [2.45, 2.75) is 19.8 Å². The van der Waals surface area contributed by atoms with Crippen molar-refractivity contribution < 1.29 is 13.6 Å². The van der Waals surface area contributed by atoms with Crippen LogP contribution in [0.15, 0.2) is 12.1 Å². The van der Waals surface area contributed by atoms with Crippen LogP contribution >= 0.6 is 0 Å². The maximum atomic E-state index is 13.4. The summed E-state index contributed by atoms with van der Waals surface area (Å²) in [7, 11) is 0. The average Bonchev–Trinajstić information content (AvgIpc) is 2.77. The van der Waals surface area contributed by atoms with Crippen LogP contribution in [0.4, 0.5) is 8.78 Å². The highest BCUT2D eigenvalue weighted by molar-refractivity contribution is 5.76. The molecule has 0 radical (unpaired) electrons. The van der Waals surface area contributed by atoms with Crippen LogP contribution in [0.3, 0.4) is 0 Å². The van der Waals surface area contributed by atoms with Gasteiger partial charge in [-0.3, -0.25) is 4.79 Å². The second-order valence-corrected chi connectivity index (χ2v) is 3.89. The van der Waals surface area contributed by atoms with Gasteiger partial charge in [0.25, 0.3) is 0 Å². The molecule has 0 aliphatic rings. The summed E-state index contributed by atoms with van der Waals surface area (Å²) in [4.78, 5) is 17.9. The van der Waals surface area contributed by atoms with Crippen molar-refractivity contribution in [3.63, 3.8) is 0 Å². The van der Waals surface area contributed by atoms with Crippen LogP contribution in [0.2, 0.25) is 0 Å². The van der Waals surface area contributed by atoms with E-state index in [0.717, 1.165) is 6.07 Å². The van der Waals surface area contributed by atoms with Gasteiger partial charge in [0.15, 0.2) is 11.6 Å². The number of carbonyl (C=O) groups excluding carboxylic acids is 1. The minimum absolute atomic E-state index is 0.00758. The molecule has 0 aliphatic heterocycles. The first-order valence-corrected chi connectivity index (χ1v) is 5.71. The summed E-state index contributed by atoms with van der Waals surface area (Å²) in [6.45, 7) is 2.17. The largest absolute Gasteiger partial charge is 0.356 e. The van der Waals surface area contributed by atoms with Crippen LogP contribution in [0.1, 0.15) is 19.2 Å². The van der Waals surface area contributed by atoms with Gasteiger partial charge in [-0.15, -0.1) is 0 Å². The molecular weight excluding hydrogens is 240 g/mol. The average molecular weight is 253 g/mol. The fraction of sp³-hybridized carbons (Fsp3) is 0.333. The lowest BCUT2D eigenvalue weighted by atomic mass is 10.3. The SMILES string of the molecule is CCC(=O)NCCc1nc2c(F)c(F)ccc2[nH]1. The summed E-state index contributed by atoms with van der Waals surface area (Å²) in [5, 5.41) is 2.68. The molecule has 0 aliphatic carbocycles. The maximum Gasteiger partial charge on any atom is 0.219 e. The van der Waals surface area contributed by atoms with Crippen LogP contribution in [-0.4, -0.2) is 22.4 Å². The number of halogens is 2. The molecular formula is C12H13F2N3O. The van der Waals surface area contributed by atoms with E-state index in [4.69, 9.17) is 0 Å². The van der Waals surface area contributed by atoms with Gasteiger partial charge in [0.2, 0.25) is 5.91 Å². The second-order valence-electron chi connectivity index (χ2n) is 3.89. The Morgan fingerprint density at radius 3 is 2.94 bits per heavy atom. The fourth-order valence-electron chi connectivity index (χ4n) is 1.63. The van der Waals surface area contributed by atoms with E-state index in [1.54, 1.807) is 6.92 Å². The first kappa shape index (κ1) is 12.5. The molecule has 6 heteroatoms. The summed E-state index contributed by atoms with van der Waals surface area (Å²) in [6.07, 6.45) is 0.863. The number of aromatic nitrogens is 2. The highest BCUT2D eigenvalue weighted by Crippen LogP contribution is 2.18. The van der Waals surface area contributed by atoms with Crippen molar-refractivity contribution >= 4 is 16.9 Å². The van der Waals surface area contributed by atoms with E-state index >= 15 is 0 Å². The van der Waals surface area contributed by atoms with Crippen LogP contribution in [-0.2, 0) is 11.2 Å². The van der Waals surface area contributed by atoms with E-state index in [-0.39, 0.29) is 11.4 Å². The number of hydrogen-bond donors (Lipinski definition) is 2. The maximum absolute atomic E-state index is 13.4. The summed E-state index contributed by atoms with van der Waals surface area (Å²) in [5.74, 6) is -1.40. The number of carbonyl (C=O) groups is 1. The Bertz CT molecular complexity index is 580. The standard InChI is InChI=1S/C12H13F2N3O/c1-2-10(18)15-6-5-9-16-8-4-3-7(13)11(14)12(8)17-9/h3-4H,2,5-6H2,1H3,(H,15,18)(H,16,17). The summed E-state index contributed by atoms with van der Waals surface area (Å²) < 4.78 is 26.4. The Morgan fingerprint density at radius 2 is 2.22 bits per heavy atom. The van der Waals surface area contributed by atoms with Gasteiger partial charge in [-0.05, 0) is 12.1 Å². The molecule has 0 saturated heterocycles. The molecule has 0 spiro atoms. The second kappa shape index (κ2) is 5.12. The molecule has 1 heterocycles. The van der Waals surface area contributed by atoms with Crippen molar-refractivity contribution in [2.75, 3.05) is 6.54 Å². The Balaban J connectivity index is 2.11. The molecule has 0 atom stereocenters. The molecule has 0 unspecified atom stereocenters. The number of imidazole rings is 1. The van der Waals surface area contributed by atoms with Gasteiger partial charge in [0, 0.05) is 19.4 Å². The van der Waals surface area contributed by atoms with Gasteiger partial charge in [-0.2, -0.15) is 0 Å². The smallest absolute Gasteiger partial charge is 0.219 e. The van der Waals surface area contributed by atoms with Crippen LogP contribution in [0.25, 0.3) is 11.0 Å². The zero-order chi connectivity index (χ0) is 13.1. The highest BCUT2D eigenvalue weighted by atomic mass is 19.2. The van der Waals surface area contributed by atoms with E-state index < -0.39 is 11.6 Å². The van der Waals surface area contributed by atoms with Crippen LogP contribution in [0.5, 0.6) is 0 Å². The first-order chi connectivity index (χ1) is 8.61. The Hall–Kier alpha value is -1.98. The van der Waals surface area contributed by atoms with Gasteiger partial charge in [0.1, 0.15) is 11.3 Å². The highest BCUT2D eigenvalue weighted by Gasteiger charge is 2.11. The molecule has 0 bridgehead atoms. The normalized spacial score (nSPS) is 10.8. The molecule has 2 N–H and O–H groups in total. The van der Waals surface area contributed by atoms with Crippen molar-refractivity contribution in [2.24, 2.45) is 0 Å². The molecule has 1 aromatic heterocycles. The summed E-state index contributed by atoms with van der Waals surface area (Å²) in [6, 6.07) is 2.49. The number of amides is 1. The van der Waals surface area contributed by atoms with E-state index in [0.29, 0.717) is 30.7 Å². The summed E-state index contributed by atoms with van der Waals surface area (Å²) in [5.41, 5.74) is 0.442. The third-order valence-corrected chi connectivity index (χ3v) is 2.60. The third-order valence-electron chi connectivity index (χ3n) is 2.60. The molecule has 96 valence electrons. The number of H-pyrrole nitrogens is 1. The molecule has 0 fully saturated rings. The van der Waals surface area contributed by atoms with Crippen LogP contribution < -0.4 is 5.32 Å². The first-order valence-electron chi connectivity index (χ1n) is 5.71. The van der Waals surface area contributed by atoms with E-state index in [9.17, 15) is 13.6 Å². The Morgan fingerprint density at radius 1 is 1.44 bits per heavy atom. The molecule has 2 rings (SSSR count). The van der Waals surface area contributed by atoms with Crippen molar-refractivity contribution in [1.82, 2.24) is 15.3 Å². The predicted molar refractivity (Wildman–Crippen MR) is 63.0 cm³/mol. The predicted octanol–water partition coefficient (Wildman–Crippen LogP) is 1.91. The zero-order valence-electron chi connectivity index (χ0n) is 9.89. The molecule has 18 heavy (non-hydrogen) atoms. The Kier molecular flexibility index (Phi) is 3.55. The third kappa shape index (κ3) is 2.47. The molecule has 1 amide bonds. The number of aromatic amines is 1. The van der Waals surface area contributed by atoms with Crippen molar-refractivity contribution in [3.8, 4) is 0 Å². The number of nitrogens with one attached hydrogen (secondary N) is 2. The quantitative estimate of drug-likeness (QED) is 0.874. The lowest BCUT2D eigenvalue weighted by Gasteiger charge is -2.00. The van der Waals surface area contributed by atoms with Gasteiger partial charge < -0.3 is 10.3 Å². The van der Waals surface area contributed by atoms with E-state index in [2.05, 4.69) is 15.3 Å². The minimum atomic E-state index is -0.951. The zero-order valence-corrected chi connectivity index (χ0v) is 9.89. The number of rotatable bonds is 4.